The van der Waals surface area contributed by atoms with Gasteiger partial charge in [-0.2, -0.15) is 0 Å². The number of aromatic nitrogens is 1. The Labute approximate surface area is 156 Å². The molecule has 2 aliphatic carbocycles. The first-order chi connectivity index (χ1) is 12.3. The summed E-state index contributed by atoms with van der Waals surface area (Å²) in [7, 11) is 0. The molecule has 1 heterocycles. The highest BCUT2D eigenvalue weighted by atomic mass is 16.4. The number of rotatable bonds is 6. The lowest BCUT2D eigenvalue weighted by Gasteiger charge is -2.36. The number of fused-ring (bicyclic) bond motifs is 1. The summed E-state index contributed by atoms with van der Waals surface area (Å²) < 4.78 is 0. The number of nitrogens with zero attached hydrogens (tertiary/aromatic N) is 1. The number of aliphatic carboxylic acids is 1. The van der Waals surface area contributed by atoms with Crippen molar-refractivity contribution in [3.63, 3.8) is 0 Å². The van der Waals surface area contributed by atoms with Gasteiger partial charge in [-0.3, -0.25) is 4.98 Å². The monoisotopic (exact) mass is 360 g/mol. The van der Waals surface area contributed by atoms with E-state index >= 15 is 0 Å². The lowest BCUT2D eigenvalue weighted by atomic mass is 9.69. The van der Waals surface area contributed by atoms with Gasteiger partial charge >= 0.3 is 5.97 Å². The number of pyridine rings is 1. The Kier molecular flexibility index (Phi) is 5.40. The number of carbonyl (C=O) groups is 1. The molecule has 1 fully saturated rings. The Morgan fingerprint density at radius 1 is 1.35 bits per heavy atom. The van der Waals surface area contributed by atoms with Crippen molar-refractivity contribution >= 4 is 5.97 Å². The van der Waals surface area contributed by atoms with E-state index in [2.05, 4.69) is 11.1 Å². The topological polar surface area (TPSA) is 96.4 Å². The minimum Gasteiger partial charge on any atom is -0.479 e. The minimum absolute atomic E-state index is 0.0214. The highest BCUT2D eigenvalue weighted by Gasteiger charge is 2.44. The van der Waals surface area contributed by atoms with E-state index in [0.29, 0.717) is 17.5 Å². The Morgan fingerprint density at radius 3 is 2.65 bits per heavy atom. The number of hydrogen-bond donors (Lipinski definition) is 3. The maximum Gasteiger partial charge on any atom is 0.337 e. The molecule has 1 aromatic heterocycles. The van der Waals surface area contributed by atoms with E-state index in [0.717, 1.165) is 24.8 Å². The van der Waals surface area contributed by atoms with E-state index < -0.39 is 17.6 Å². The number of nitrogens with two attached hydrogens (primary N) is 1. The van der Waals surface area contributed by atoms with Gasteiger partial charge in [0, 0.05) is 24.4 Å². The zero-order valence-electron chi connectivity index (χ0n) is 16.0. The zero-order valence-corrected chi connectivity index (χ0v) is 16.0. The van der Waals surface area contributed by atoms with Crippen LogP contribution in [-0.4, -0.2) is 32.8 Å². The molecule has 0 amide bonds. The van der Waals surface area contributed by atoms with Gasteiger partial charge in [-0.1, -0.05) is 26.7 Å². The van der Waals surface area contributed by atoms with Crippen molar-refractivity contribution < 1.29 is 15.0 Å². The van der Waals surface area contributed by atoms with Gasteiger partial charge in [0.05, 0.1) is 0 Å². The smallest absolute Gasteiger partial charge is 0.337 e. The third-order valence-electron chi connectivity index (χ3n) is 6.52. The molecular formula is C21H32N2O3. The third kappa shape index (κ3) is 3.65. The summed E-state index contributed by atoms with van der Waals surface area (Å²) >= 11 is 0. The predicted octanol–water partition coefficient (Wildman–Crippen LogP) is 2.86. The fourth-order valence-electron chi connectivity index (χ4n) is 4.96. The largest absolute Gasteiger partial charge is 0.479 e. The molecule has 4 N–H and O–H groups in total. The summed E-state index contributed by atoms with van der Waals surface area (Å²) in [5.74, 6) is -1.04. The molecule has 1 aromatic rings. The Balaban J connectivity index is 1.87. The maximum absolute atomic E-state index is 11.9. The van der Waals surface area contributed by atoms with Crippen LogP contribution in [0.15, 0.2) is 12.3 Å². The van der Waals surface area contributed by atoms with E-state index in [1.165, 1.54) is 31.2 Å². The van der Waals surface area contributed by atoms with Crippen molar-refractivity contribution in [2.24, 2.45) is 17.1 Å². The summed E-state index contributed by atoms with van der Waals surface area (Å²) in [6, 6.07) is 1.26. The standard InChI is InChI=1S/C21H32N2O3/c1-14(2)11-18(22)21(26,19(24)25)13-17-16-5-9-20(7-3-4-8-20)12-15(16)6-10-23-17/h6,10,14,18,26H,3-5,7-9,11-13,22H2,1-2H3,(H,24,25)/t18-,21+/m0/s1. The first-order valence-corrected chi connectivity index (χ1v) is 9.93. The van der Waals surface area contributed by atoms with Crippen molar-refractivity contribution in [3.8, 4) is 0 Å². The summed E-state index contributed by atoms with van der Waals surface area (Å²) in [5.41, 5.74) is 7.70. The van der Waals surface area contributed by atoms with E-state index in [-0.39, 0.29) is 12.3 Å². The lowest BCUT2D eigenvalue weighted by Crippen LogP contribution is -2.56. The molecule has 0 aromatic carbocycles. The van der Waals surface area contributed by atoms with Crippen molar-refractivity contribution in [1.29, 1.82) is 0 Å². The van der Waals surface area contributed by atoms with Gasteiger partial charge in [0.15, 0.2) is 5.60 Å². The molecule has 0 saturated heterocycles. The summed E-state index contributed by atoms with van der Waals surface area (Å²) in [6.07, 6.45) is 10.5. The highest BCUT2D eigenvalue weighted by Crippen LogP contribution is 2.48. The Morgan fingerprint density at radius 2 is 2.04 bits per heavy atom. The quantitative estimate of drug-likeness (QED) is 0.725. The predicted molar refractivity (Wildman–Crippen MR) is 101 cm³/mol. The molecule has 0 aliphatic heterocycles. The molecule has 0 unspecified atom stereocenters. The second kappa shape index (κ2) is 7.28. The number of aliphatic hydroxyl groups is 1. The van der Waals surface area contributed by atoms with Crippen LogP contribution in [0.1, 0.15) is 69.2 Å². The summed E-state index contributed by atoms with van der Waals surface area (Å²) in [6.45, 7) is 3.96. The van der Waals surface area contributed by atoms with Gasteiger partial charge in [0.2, 0.25) is 0 Å². The van der Waals surface area contributed by atoms with Crippen molar-refractivity contribution in [3.05, 3.63) is 29.1 Å². The molecule has 0 radical (unpaired) electrons. The Bertz CT molecular complexity index is 667. The van der Waals surface area contributed by atoms with Crippen LogP contribution in [-0.2, 0) is 24.1 Å². The number of carboxylic acids is 1. The molecule has 5 nitrogen and oxygen atoms in total. The van der Waals surface area contributed by atoms with Crippen molar-refractivity contribution in [2.45, 2.75) is 83.3 Å². The van der Waals surface area contributed by atoms with Crippen LogP contribution in [0.5, 0.6) is 0 Å². The third-order valence-corrected chi connectivity index (χ3v) is 6.52. The summed E-state index contributed by atoms with van der Waals surface area (Å²) in [5, 5.41) is 20.6. The second-order valence-corrected chi connectivity index (χ2v) is 8.92. The number of hydrogen-bond acceptors (Lipinski definition) is 4. The maximum atomic E-state index is 11.9. The first-order valence-electron chi connectivity index (χ1n) is 9.93. The molecule has 1 spiro atoms. The summed E-state index contributed by atoms with van der Waals surface area (Å²) in [4.78, 5) is 16.3. The molecular weight excluding hydrogens is 328 g/mol. The minimum atomic E-state index is -1.98. The molecule has 5 heteroatoms. The van der Waals surface area contributed by atoms with E-state index in [1.54, 1.807) is 6.20 Å². The Hall–Kier alpha value is -1.46. The van der Waals surface area contributed by atoms with E-state index in [9.17, 15) is 15.0 Å². The van der Waals surface area contributed by atoms with Gasteiger partial charge in [0.25, 0.3) is 0 Å². The second-order valence-electron chi connectivity index (χ2n) is 8.92. The van der Waals surface area contributed by atoms with Crippen LogP contribution in [0.2, 0.25) is 0 Å². The van der Waals surface area contributed by atoms with E-state index in [4.69, 9.17) is 5.73 Å². The van der Waals surface area contributed by atoms with Crippen molar-refractivity contribution in [1.82, 2.24) is 4.98 Å². The molecule has 26 heavy (non-hydrogen) atoms. The number of carboxylic acid groups (broad SMARTS) is 1. The molecule has 0 bridgehead atoms. The highest BCUT2D eigenvalue weighted by molar-refractivity contribution is 5.78. The SMILES string of the molecule is CC(C)C[C@H](N)[C@](O)(Cc1nccc2c1CCC1(CCCC1)C2)C(=O)O. The fraction of sp³-hybridized carbons (Fsp3) is 0.714. The zero-order chi connectivity index (χ0) is 18.9. The van der Waals surface area contributed by atoms with Crippen molar-refractivity contribution in [2.75, 3.05) is 0 Å². The fourth-order valence-corrected chi connectivity index (χ4v) is 4.96. The van der Waals surface area contributed by atoms with Crippen LogP contribution < -0.4 is 5.73 Å². The van der Waals surface area contributed by atoms with Gasteiger partial charge in [-0.05, 0) is 67.1 Å². The average molecular weight is 360 g/mol. The van der Waals surface area contributed by atoms with Gasteiger partial charge in [0.1, 0.15) is 0 Å². The van der Waals surface area contributed by atoms with Crippen LogP contribution in [0.4, 0.5) is 0 Å². The molecule has 2 atom stereocenters. The van der Waals surface area contributed by atoms with E-state index in [1.807, 2.05) is 13.8 Å². The van der Waals surface area contributed by atoms with Gasteiger partial charge in [-0.25, -0.2) is 4.79 Å². The van der Waals surface area contributed by atoms with Crippen LogP contribution >= 0.6 is 0 Å². The molecule has 2 aliphatic rings. The first kappa shape index (κ1) is 19.3. The molecule has 3 rings (SSSR count). The van der Waals surface area contributed by atoms with Crippen LogP contribution in [0.3, 0.4) is 0 Å². The van der Waals surface area contributed by atoms with Crippen LogP contribution in [0, 0.1) is 11.3 Å². The van der Waals surface area contributed by atoms with Gasteiger partial charge in [-0.15, -0.1) is 0 Å². The lowest BCUT2D eigenvalue weighted by molar-refractivity contribution is -0.161. The molecule has 144 valence electrons. The van der Waals surface area contributed by atoms with Gasteiger partial charge < -0.3 is 15.9 Å². The average Bonchev–Trinajstić information content (AvgIpc) is 3.01. The van der Waals surface area contributed by atoms with Crippen LogP contribution in [0.25, 0.3) is 0 Å². The molecule has 1 saturated carbocycles. The normalized spacial score (nSPS) is 22.2.